The van der Waals surface area contributed by atoms with Crippen molar-refractivity contribution in [1.82, 2.24) is 79.7 Å². The summed E-state index contributed by atoms with van der Waals surface area (Å²) in [7, 11) is 0.850. The molecule has 30 nitrogen and oxygen atoms in total. The van der Waals surface area contributed by atoms with E-state index in [0.29, 0.717) is 205 Å². The maximum Gasteiger partial charge on any atom is 0.257 e. The topological polar surface area (TPSA) is 319 Å². The van der Waals surface area contributed by atoms with Gasteiger partial charge in [0.25, 0.3) is 23.6 Å². The molecule has 5 atom stereocenters. The predicted molar refractivity (Wildman–Crippen MR) is 560 cm³/mol. The summed E-state index contributed by atoms with van der Waals surface area (Å²) in [5, 5.41) is 33.3. The third-order valence-corrected chi connectivity index (χ3v) is 29.4. The molecule has 42 heteroatoms. The number of benzene rings is 8. The number of hydrogen-bond donors (Lipinski definition) is 4. The molecule has 7 aliphatic rings. The Morgan fingerprint density at radius 2 is 0.772 bits per heavy atom. The zero-order valence-electron chi connectivity index (χ0n) is 81.0. The number of morpholine rings is 2. The summed E-state index contributed by atoms with van der Waals surface area (Å²) in [6.45, 7) is 13.2. The molecule has 4 N–H and O–H groups in total. The maximum absolute atomic E-state index is 15.0. The quantitative estimate of drug-likeness (QED) is 0.0432. The average Bonchev–Trinajstić information content (AvgIpc) is 1.59. The van der Waals surface area contributed by atoms with Crippen molar-refractivity contribution in [3.63, 3.8) is 0 Å². The van der Waals surface area contributed by atoms with E-state index in [2.05, 4.69) is 51.4 Å². The molecule has 8 aromatic heterocycles. The largest absolute Gasteiger partial charge is 0.493 e. The smallest absolute Gasteiger partial charge is 0.257 e. The van der Waals surface area contributed by atoms with Crippen LogP contribution in [-0.4, -0.2) is 191 Å². The summed E-state index contributed by atoms with van der Waals surface area (Å²) in [5.41, 5.74) is 11.9. The zero-order valence-corrected chi connectivity index (χ0v) is 86.4. The van der Waals surface area contributed by atoms with E-state index in [1.165, 1.54) is 27.5 Å². The number of hydrogen-bond acceptors (Lipinski definition) is 22. The van der Waals surface area contributed by atoms with Crippen LogP contribution in [0.5, 0.6) is 23.0 Å². The second-order valence-electron chi connectivity index (χ2n) is 36.6. The van der Waals surface area contributed by atoms with E-state index in [9.17, 15) is 40.9 Å². The molecule has 2 saturated heterocycles. The molecular formula is C107H96Cl6F5N19O11S. The fourth-order valence-corrected chi connectivity index (χ4v) is 21.7. The van der Waals surface area contributed by atoms with Gasteiger partial charge in [-0.2, -0.15) is 33.9 Å². The Labute approximate surface area is 883 Å². The summed E-state index contributed by atoms with van der Waals surface area (Å²) in [6, 6.07) is 42.4. The number of ether oxygens (including phenoxy) is 6. The molecule has 6 aliphatic heterocycles. The molecule has 768 valence electrons. The van der Waals surface area contributed by atoms with Gasteiger partial charge < -0.3 is 64.4 Å². The lowest BCUT2D eigenvalue weighted by molar-refractivity contribution is 0.0913. The van der Waals surface area contributed by atoms with E-state index in [-0.39, 0.29) is 98.0 Å². The molecule has 0 spiro atoms. The monoisotopic (exact) mass is 2160 g/mol. The van der Waals surface area contributed by atoms with Crippen LogP contribution < -0.4 is 54.9 Å². The third kappa shape index (κ3) is 20.7. The van der Waals surface area contributed by atoms with Crippen molar-refractivity contribution >= 4 is 144 Å². The number of halogens is 11. The normalized spacial score (nSPS) is 16.8. The standard InChI is InChI=1S/C27H27Cl2N5O3S.C27H24ClF2N5O3.C27H24F3N5O3.C26H21Cl3N4O2/c1-16-24(17-12-18(28)14-19(29)13-17)25-30-15-21(27(34(25)32-16)33(2)9-11-38(3)36)26(35)31-22-8-10-37-23-7-5-4-6-20(22)23;1-15-22(23-19(29)7-6-18(28)24(23)30)25-31-14-17(27(35(25)33-15)34-9-12-37-13-10-34)26(36)32-20-8-11-38-21-5-3-2-4-16(20)21;1-15-22(23-18(28)6-7-19(29)24(23)30)25-31-14-17(27(35(25)33-15)34-9-12-37-13-10-34)26(36)32-20-8-11-38-21-5-3-2-4-16(20)21;1-13-22(17-10-15(27)11-19(28)23(17)29)25-30-12-18(24(14-6-7-14)33(25)32-13)26(34)31-20-8-9-35-21-5-3-2-4-16(20)21/h4-7,12-15,22H,8-11H2,1-3H3,(H,31,35);2*2-7,14,20H,8-13H2,1H3,(H,32,36);2-5,10-12,14,20H,6-9H2,1H3,(H,31,34)/t22-,38?;3*20-/m0000/s1. The van der Waals surface area contributed by atoms with Crippen LogP contribution in [0.1, 0.15) is 161 Å². The summed E-state index contributed by atoms with van der Waals surface area (Å²) >= 11 is 37.7. The predicted octanol–water partition coefficient (Wildman–Crippen LogP) is 20.8. The summed E-state index contributed by atoms with van der Waals surface area (Å²) < 4.78 is 126. The highest BCUT2D eigenvalue weighted by Crippen LogP contribution is 2.48. The van der Waals surface area contributed by atoms with Gasteiger partial charge in [-0.25, -0.2) is 46.4 Å². The lowest BCUT2D eigenvalue weighted by Crippen LogP contribution is -2.40. The molecule has 1 aliphatic carbocycles. The molecular weight excluding hydrogens is 2070 g/mol. The lowest BCUT2D eigenvalue weighted by atomic mass is 10.00. The first kappa shape index (κ1) is 102. The number of aromatic nitrogens is 12. The van der Waals surface area contributed by atoms with Crippen molar-refractivity contribution in [2.24, 2.45) is 0 Å². The zero-order chi connectivity index (χ0) is 104. The Kier molecular flexibility index (Phi) is 30.1. The average molecular weight is 2160 g/mol. The van der Waals surface area contributed by atoms with Crippen LogP contribution in [0.25, 0.3) is 67.1 Å². The molecule has 3 fully saturated rings. The number of para-hydroxylation sites is 4. The number of amides is 4. The Morgan fingerprint density at radius 1 is 0.403 bits per heavy atom. The van der Waals surface area contributed by atoms with Gasteiger partial charge in [-0.3, -0.25) is 23.4 Å². The van der Waals surface area contributed by atoms with Gasteiger partial charge in [-0.05, 0) is 125 Å². The third-order valence-electron chi connectivity index (χ3n) is 26.9. The molecule has 0 radical (unpaired) electrons. The van der Waals surface area contributed by atoms with Crippen molar-refractivity contribution in [1.29, 1.82) is 0 Å². The van der Waals surface area contributed by atoms with Gasteiger partial charge in [0.15, 0.2) is 40.0 Å². The Hall–Kier alpha value is -13.8. The fourth-order valence-electron chi connectivity index (χ4n) is 19.7. The number of nitrogens with one attached hydrogen (secondary N) is 4. The molecule has 1 unspecified atom stereocenters. The number of anilines is 3. The van der Waals surface area contributed by atoms with Gasteiger partial charge in [0, 0.05) is 167 Å². The SMILES string of the molecule is Cc1nn2c(C3CC3)c(C(=O)N[C@H]3CCOc4ccccc43)cnc2c1-c1cc(Cl)cc(Cl)c1Cl.Cc1nn2c(N(C)CCS(C)=O)c(C(=O)N[C@H]3CCOc4ccccc43)cnc2c1-c1cc(Cl)cc(Cl)c1.Cc1nn2c(N3CCOCC3)c(C(=O)N[C@H]3CCOc4ccccc43)cnc2c1-c1c(F)ccc(Cl)c1F.Cc1nn2c(N3CCOCC3)c(C(=O)N[C@H]3CCOc4ccccc43)cnc2c1-c1c(F)ccc(F)c1F. The van der Waals surface area contributed by atoms with E-state index in [1.807, 2.05) is 145 Å². The maximum atomic E-state index is 15.0. The Morgan fingerprint density at radius 3 is 1.23 bits per heavy atom. The van der Waals surface area contributed by atoms with Crippen LogP contribution in [0.4, 0.5) is 39.4 Å². The van der Waals surface area contributed by atoms with Gasteiger partial charge in [-0.15, -0.1) is 0 Å². The summed E-state index contributed by atoms with van der Waals surface area (Å²) in [6.07, 6.45) is 12.2. The van der Waals surface area contributed by atoms with E-state index >= 15 is 4.39 Å². The fraction of sp³-hybridized carbons (Fsp3) is 0.290. The molecule has 8 aromatic carbocycles. The van der Waals surface area contributed by atoms with Crippen molar-refractivity contribution in [3.8, 4) is 67.5 Å². The minimum Gasteiger partial charge on any atom is -0.493 e. The number of fused-ring (bicyclic) bond motifs is 8. The van der Waals surface area contributed by atoms with Crippen LogP contribution >= 0.6 is 69.6 Å². The molecule has 14 heterocycles. The van der Waals surface area contributed by atoms with Crippen LogP contribution in [-0.2, 0) is 20.3 Å². The van der Waals surface area contributed by atoms with Crippen molar-refractivity contribution in [2.75, 3.05) is 119 Å². The van der Waals surface area contributed by atoms with Crippen LogP contribution in [0, 0.1) is 56.8 Å². The highest BCUT2D eigenvalue weighted by atomic mass is 35.5. The van der Waals surface area contributed by atoms with Gasteiger partial charge in [0.05, 0.1) is 154 Å². The highest BCUT2D eigenvalue weighted by molar-refractivity contribution is 7.84. The Bertz CT molecular complexity index is 7750. The van der Waals surface area contributed by atoms with Crippen LogP contribution in [0.3, 0.4) is 0 Å². The van der Waals surface area contributed by atoms with Crippen LogP contribution in [0.2, 0.25) is 30.1 Å². The Balaban J connectivity index is 0.000000120. The van der Waals surface area contributed by atoms with Gasteiger partial charge in [0.1, 0.15) is 68.8 Å². The lowest BCUT2D eigenvalue weighted by Gasteiger charge is -2.31. The number of carbonyl (C=O) groups is 4. The van der Waals surface area contributed by atoms with Crippen LogP contribution in [0.15, 0.2) is 176 Å². The number of nitrogens with zero attached hydrogens (tertiary/aromatic N) is 15. The first-order valence-electron chi connectivity index (χ1n) is 48.2. The van der Waals surface area contributed by atoms with E-state index < -0.39 is 45.4 Å². The van der Waals surface area contributed by atoms with Gasteiger partial charge in [-0.1, -0.05) is 142 Å². The second kappa shape index (κ2) is 43.8. The first-order valence-corrected chi connectivity index (χ1v) is 52.2. The van der Waals surface area contributed by atoms with Crippen molar-refractivity contribution in [2.45, 2.75) is 96.3 Å². The number of carbonyl (C=O) groups excluding carboxylic acids is 4. The minimum atomic E-state index is -1.32. The molecule has 149 heavy (non-hydrogen) atoms. The molecule has 1 saturated carbocycles. The second-order valence-corrected chi connectivity index (χ2v) is 40.7. The number of aryl methyl sites for hydroxylation is 4. The van der Waals surface area contributed by atoms with Gasteiger partial charge in [0.2, 0.25) is 0 Å². The first-order chi connectivity index (χ1) is 72.0. The van der Waals surface area contributed by atoms with Gasteiger partial charge >= 0.3 is 0 Å². The summed E-state index contributed by atoms with van der Waals surface area (Å²) in [4.78, 5) is 78.7. The van der Waals surface area contributed by atoms with Crippen molar-refractivity contribution in [3.05, 3.63) is 309 Å². The summed E-state index contributed by atoms with van der Waals surface area (Å²) in [5.74, 6) is -1.08. The molecule has 4 amide bonds. The van der Waals surface area contributed by atoms with Crippen molar-refractivity contribution < 1.29 is 73.8 Å². The van der Waals surface area contributed by atoms with E-state index in [1.54, 1.807) is 59.7 Å². The molecule has 16 aromatic rings. The number of rotatable bonds is 19. The highest BCUT2D eigenvalue weighted by Gasteiger charge is 2.39. The molecule has 0 bridgehead atoms. The minimum absolute atomic E-state index is 0.0272. The molecule has 23 rings (SSSR count). The van der Waals surface area contributed by atoms with E-state index in [4.69, 9.17) is 108 Å². The van der Waals surface area contributed by atoms with E-state index in [0.717, 1.165) is 104 Å².